The van der Waals surface area contributed by atoms with E-state index in [1.807, 2.05) is 0 Å². The minimum atomic E-state index is -2.92. The number of hydrogen-bond donors (Lipinski definition) is 0. The number of halogens is 1. The van der Waals surface area contributed by atoms with Crippen molar-refractivity contribution in [2.45, 2.75) is 26.3 Å². The number of hydrogen-bond acceptors (Lipinski definition) is 4. The third kappa shape index (κ3) is 4.22. The third-order valence-electron chi connectivity index (χ3n) is 3.27. The molecule has 5 nitrogen and oxygen atoms in total. The van der Waals surface area contributed by atoms with Gasteiger partial charge in [-0.05, 0) is 43.5 Å². The molecule has 6 heteroatoms. The first-order valence-electron chi connectivity index (χ1n) is 9.68. The van der Waals surface area contributed by atoms with Crippen molar-refractivity contribution in [3.63, 3.8) is 0 Å². The average Bonchev–Trinajstić information content (AvgIpc) is 2.59. The Balaban J connectivity index is 2.68. The van der Waals surface area contributed by atoms with E-state index in [0.29, 0.717) is 15.8 Å². The molecule has 0 amide bonds. The molecule has 0 saturated carbocycles. The highest BCUT2D eigenvalue weighted by Crippen LogP contribution is 2.33. The van der Waals surface area contributed by atoms with Crippen LogP contribution in [0.1, 0.15) is 27.5 Å². The summed E-state index contributed by atoms with van der Waals surface area (Å²) in [6.07, 6.45) is 0. The number of anilines is 1. The predicted octanol–water partition coefficient (Wildman–Crippen LogP) is 4.78. The van der Waals surface area contributed by atoms with Crippen molar-refractivity contribution in [1.29, 1.82) is 0 Å². The smallest absolute Gasteiger partial charge is 0.292 e. The number of nitro benzene ring substituents is 1. The van der Waals surface area contributed by atoms with Gasteiger partial charge in [-0.3, -0.25) is 10.1 Å². The quantitative estimate of drug-likeness (QED) is 0.530. The Labute approximate surface area is 152 Å². The van der Waals surface area contributed by atoms with Crippen LogP contribution < -0.4 is 9.64 Å². The highest BCUT2D eigenvalue weighted by molar-refractivity contribution is 9.10. The minimum absolute atomic E-state index is 0.0996. The van der Waals surface area contributed by atoms with Crippen molar-refractivity contribution < 1.29 is 17.9 Å². The molecule has 0 aromatic heterocycles. The van der Waals surface area contributed by atoms with Crippen LogP contribution >= 0.6 is 15.9 Å². The van der Waals surface area contributed by atoms with E-state index in [0.717, 1.165) is 4.90 Å². The molecule has 2 aromatic rings. The Morgan fingerprint density at radius 1 is 1.30 bits per heavy atom. The fourth-order valence-electron chi connectivity index (χ4n) is 2.12. The van der Waals surface area contributed by atoms with E-state index in [4.69, 9.17) is 13.0 Å². The second-order valence-electron chi connectivity index (χ2n) is 4.77. The van der Waals surface area contributed by atoms with Gasteiger partial charge in [0.25, 0.3) is 5.69 Å². The van der Waals surface area contributed by atoms with Gasteiger partial charge in [0.15, 0.2) is 0 Å². The molecule has 0 fully saturated rings. The van der Waals surface area contributed by atoms with E-state index in [-0.39, 0.29) is 17.9 Å². The number of rotatable bonds is 6. The number of nitrogens with zero attached hydrogens (tertiary/aromatic N) is 2. The molecular formula is C17H19BrN2O3. The second kappa shape index (κ2) is 7.46. The Bertz CT molecular complexity index is 857. The molecule has 0 aliphatic carbocycles. The van der Waals surface area contributed by atoms with E-state index in [2.05, 4.69) is 15.9 Å². The molecule has 0 aliphatic heterocycles. The van der Waals surface area contributed by atoms with Crippen LogP contribution in [0.2, 0.25) is 0 Å². The van der Waals surface area contributed by atoms with Gasteiger partial charge >= 0.3 is 0 Å². The lowest BCUT2D eigenvalue weighted by atomic mass is 10.1. The van der Waals surface area contributed by atoms with Gasteiger partial charge in [0.2, 0.25) is 0 Å². The first-order valence-corrected chi connectivity index (χ1v) is 7.47. The first kappa shape index (κ1) is 10.6. The van der Waals surface area contributed by atoms with Crippen molar-refractivity contribution in [1.82, 2.24) is 0 Å². The Morgan fingerprint density at radius 2 is 2.00 bits per heavy atom. The fourth-order valence-corrected chi connectivity index (χ4v) is 2.47. The number of methoxy groups -OCH3 is 1. The Kier molecular flexibility index (Phi) is 3.45. The number of nitro groups is 1. The summed E-state index contributed by atoms with van der Waals surface area (Å²) in [4.78, 5) is 12.0. The topological polar surface area (TPSA) is 55.6 Å². The zero-order valence-corrected chi connectivity index (χ0v) is 13.9. The fraction of sp³-hybridized carbons (Fsp3) is 0.294. The summed E-state index contributed by atoms with van der Waals surface area (Å²) in [5.74, 6) is 0.567. The Morgan fingerprint density at radius 3 is 2.57 bits per heavy atom. The average molecular weight is 385 g/mol. The molecule has 0 saturated heterocycles. The predicted molar refractivity (Wildman–Crippen MR) is 95.1 cm³/mol. The normalized spacial score (nSPS) is 15.6. The van der Waals surface area contributed by atoms with Gasteiger partial charge in [-0.1, -0.05) is 28.1 Å². The van der Waals surface area contributed by atoms with Crippen LogP contribution in [0.5, 0.6) is 5.75 Å². The largest absolute Gasteiger partial charge is 0.497 e. The highest BCUT2D eigenvalue weighted by Gasteiger charge is 2.22. The summed E-state index contributed by atoms with van der Waals surface area (Å²) in [5, 5.41) is 11.6. The maximum Gasteiger partial charge on any atom is 0.292 e. The molecule has 2 rings (SSSR count). The molecule has 0 aliphatic rings. The summed E-state index contributed by atoms with van der Waals surface area (Å²) < 4.78 is 52.4. The SMILES string of the molecule is [2H]C([2H])([2H])C(N(Cc1ccc(OC)cc1)c1cc(Br)ccc1[N+](=O)[O-])C([2H])([2H])[2H]. The summed E-state index contributed by atoms with van der Waals surface area (Å²) in [7, 11) is 1.49. The van der Waals surface area contributed by atoms with Crippen molar-refractivity contribution in [2.24, 2.45) is 0 Å². The van der Waals surface area contributed by atoms with Crippen molar-refractivity contribution >= 4 is 27.3 Å². The highest BCUT2D eigenvalue weighted by atomic mass is 79.9. The van der Waals surface area contributed by atoms with Crippen LogP contribution in [0.4, 0.5) is 11.4 Å². The first-order chi connectivity index (χ1) is 13.3. The maximum atomic E-state index is 11.6. The van der Waals surface area contributed by atoms with Gasteiger partial charge in [0.05, 0.1) is 12.0 Å². The summed E-state index contributed by atoms with van der Waals surface area (Å²) in [6.45, 7) is -6.01. The van der Waals surface area contributed by atoms with Gasteiger partial charge in [0.1, 0.15) is 11.4 Å². The molecule has 0 heterocycles. The van der Waals surface area contributed by atoms with E-state index < -0.39 is 24.7 Å². The van der Waals surface area contributed by atoms with E-state index >= 15 is 0 Å². The van der Waals surface area contributed by atoms with E-state index in [1.165, 1.54) is 25.3 Å². The van der Waals surface area contributed by atoms with E-state index in [1.54, 1.807) is 24.3 Å². The van der Waals surface area contributed by atoms with Crippen LogP contribution in [0, 0.1) is 10.1 Å². The minimum Gasteiger partial charge on any atom is -0.497 e. The molecule has 0 unspecified atom stereocenters. The van der Waals surface area contributed by atoms with Crippen molar-refractivity contribution in [3.8, 4) is 5.75 Å². The van der Waals surface area contributed by atoms with Gasteiger partial charge in [-0.2, -0.15) is 0 Å². The lowest BCUT2D eigenvalue weighted by Crippen LogP contribution is -2.30. The molecule has 122 valence electrons. The monoisotopic (exact) mass is 384 g/mol. The zero-order valence-electron chi connectivity index (χ0n) is 18.3. The lowest BCUT2D eigenvalue weighted by molar-refractivity contribution is -0.384. The molecule has 23 heavy (non-hydrogen) atoms. The molecule has 0 atom stereocenters. The second-order valence-corrected chi connectivity index (χ2v) is 5.68. The molecule has 0 radical (unpaired) electrons. The molecule has 0 N–H and O–H groups in total. The van der Waals surface area contributed by atoms with Crippen molar-refractivity contribution in [3.05, 3.63) is 62.6 Å². The number of benzene rings is 2. The van der Waals surface area contributed by atoms with Crippen LogP contribution in [-0.2, 0) is 6.54 Å². The Hall–Kier alpha value is -2.08. The summed E-state index contributed by atoms with van der Waals surface area (Å²) >= 11 is 3.22. The zero-order chi connectivity index (χ0) is 22.0. The van der Waals surface area contributed by atoms with Gasteiger partial charge < -0.3 is 9.64 Å². The van der Waals surface area contributed by atoms with Gasteiger partial charge in [-0.15, -0.1) is 0 Å². The standard InChI is InChI=1S/C17H19BrN2O3/c1-12(2)19(11-13-4-7-15(23-3)8-5-13)17-10-14(18)6-9-16(17)20(21)22/h4-10,12H,11H2,1-3H3/i1D3,2D3. The van der Waals surface area contributed by atoms with Crippen LogP contribution in [-0.4, -0.2) is 18.1 Å². The summed E-state index contributed by atoms with van der Waals surface area (Å²) in [6, 6.07) is 8.61. The molecule has 0 spiro atoms. The van der Waals surface area contributed by atoms with Gasteiger partial charge in [-0.25, -0.2) is 0 Å². The van der Waals surface area contributed by atoms with Gasteiger partial charge in [0, 0.05) is 31.4 Å². The third-order valence-corrected chi connectivity index (χ3v) is 3.76. The van der Waals surface area contributed by atoms with E-state index in [9.17, 15) is 10.1 Å². The van der Waals surface area contributed by atoms with Crippen LogP contribution in [0.3, 0.4) is 0 Å². The molecule has 0 bridgehead atoms. The molecule has 2 aromatic carbocycles. The molecular weight excluding hydrogens is 360 g/mol. The lowest BCUT2D eigenvalue weighted by Gasteiger charge is -2.29. The maximum absolute atomic E-state index is 11.6. The van der Waals surface area contributed by atoms with Crippen LogP contribution in [0.25, 0.3) is 0 Å². The van der Waals surface area contributed by atoms with Crippen molar-refractivity contribution in [2.75, 3.05) is 12.0 Å². The summed E-state index contributed by atoms with van der Waals surface area (Å²) in [5.41, 5.74) is 0.0798. The van der Waals surface area contributed by atoms with Crippen LogP contribution in [0.15, 0.2) is 46.9 Å². The number of ether oxygens (including phenoxy) is 1.